The maximum Gasteiger partial charge on any atom is 0.294 e. The third-order valence-corrected chi connectivity index (χ3v) is 7.55. The minimum absolute atomic E-state index is 0.113. The molecule has 0 unspecified atom stereocenters. The molecule has 0 N–H and O–H groups in total. The van der Waals surface area contributed by atoms with Crippen molar-refractivity contribution in [1.29, 1.82) is 5.26 Å². The van der Waals surface area contributed by atoms with Crippen LogP contribution in [-0.4, -0.2) is 53.6 Å². The predicted octanol–water partition coefficient (Wildman–Crippen LogP) is 5.09. The van der Waals surface area contributed by atoms with Crippen LogP contribution in [-0.2, 0) is 16.2 Å². The average Bonchev–Trinajstić information content (AvgIpc) is 3.15. The Morgan fingerprint density at radius 3 is 2.68 bits per heavy atom. The first-order valence-corrected chi connectivity index (χ1v) is 13.0. The molecule has 0 aromatic heterocycles. The van der Waals surface area contributed by atoms with Gasteiger partial charge in [0.15, 0.2) is 11.5 Å². The van der Waals surface area contributed by atoms with E-state index in [0.717, 1.165) is 29.5 Å². The number of likely N-dealkylation sites (tertiary alicyclic amines) is 1. The number of hydrogen-bond donors (Lipinski definition) is 0. The third kappa shape index (κ3) is 6.09. The number of hydrogen-bond acceptors (Lipinski definition) is 7. The van der Waals surface area contributed by atoms with E-state index in [1.807, 2.05) is 6.07 Å². The number of ether oxygens (including phenoxy) is 2. The molecule has 0 bridgehead atoms. The molecule has 2 saturated heterocycles. The smallest absolute Gasteiger partial charge is 0.294 e. The van der Waals surface area contributed by atoms with Crippen LogP contribution in [0.3, 0.4) is 0 Å². The second-order valence-electron chi connectivity index (χ2n) is 8.92. The molecule has 2 aromatic rings. The summed E-state index contributed by atoms with van der Waals surface area (Å²) in [6.07, 6.45) is 3.38. The van der Waals surface area contributed by atoms with E-state index >= 15 is 0 Å². The quantitative estimate of drug-likeness (QED) is 0.451. The van der Waals surface area contributed by atoms with Crippen LogP contribution in [0, 0.1) is 17.2 Å². The van der Waals surface area contributed by atoms with Crippen molar-refractivity contribution in [2.45, 2.75) is 26.4 Å². The molecule has 10 heteroatoms. The summed E-state index contributed by atoms with van der Waals surface area (Å²) in [5.74, 6) is 0.459. The molecular weight excluding hydrogens is 514 g/mol. The summed E-state index contributed by atoms with van der Waals surface area (Å²) in [4.78, 5) is 41.0. The normalized spacial score (nSPS) is 17.3. The fourth-order valence-electron chi connectivity index (χ4n) is 4.15. The topological polar surface area (TPSA) is 99.9 Å². The first kappa shape index (κ1) is 26.6. The van der Waals surface area contributed by atoms with Crippen molar-refractivity contribution in [3.05, 3.63) is 63.0 Å². The number of rotatable bonds is 7. The summed E-state index contributed by atoms with van der Waals surface area (Å²) in [5, 5.41) is 9.05. The van der Waals surface area contributed by atoms with Crippen molar-refractivity contribution < 1.29 is 23.9 Å². The van der Waals surface area contributed by atoms with Crippen LogP contribution in [0.1, 0.15) is 36.5 Å². The van der Waals surface area contributed by atoms with Crippen LogP contribution in [0.25, 0.3) is 6.08 Å². The molecule has 0 radical (unpaired) electrons. The Labute approximate surface area is 224 Å². The molecular formula is C27H26ClN3O5S. The summed E-state index contributed by atoms with van der Waals surface area (Å²) < 4.78 is 11.3. The van der Waals surface area contributed by atoms with E-state index in [2.05, 4.69) is 13.0 Å². The van der Waals surface area contributed by atoms with Crippen LogP contribution >= 0.6 is 23.4 Å². The Morgan fingerprint density at radius 2 is 1.97 bits per heavy atom. The number of nitriles is 1. The van der Waals surface area contributed by atoms with Gasteiger partial charge in [-0.25, -0.2) is 0 Å². The molecule has 8 nitrogen and oxygen atoms in total. The number of methoxy groups -OCH3 is 1. The summed E-state index contributed by atoms with van der Waals surface area (Å²) in [6.45, 7) is 3.28. The largest absolute Gasteiger partial charge is 0.493 e. The highest BCUT2D eigenvalue weighted by molar-refractivity contribution is 8.18. The van der Waals surface area contributed by atoms with E-state index in [4.69, 9.17) is 21.1 Å². The summed E-state index contributed by atoms with van der Waals surface area (Å²) >= 11 is 7.26. The molecule has 0 saturated carbocycles. The minimum atomic E-state index is -0.516. The van der Waals surface area contributed by atoms with Crippen LogP contribution in [0.2, 0.25) is 5.02 Å². The van der Waals surface area contributed by atoms with E-state index in [0.29, 0.717) is 47.2 Å². The van der Waals surface area contributed by atoms with Gasteiger partial charge < -0.3 is 14.4 Å². The van der Waals surface area contributed by atoms with E-state index in [1.165, 1.54) is 7.11 Å². The molecule has 2 aromatic carbocycles. The molecule has 2 fully saturated rings. The second-order valence-corrected chi connectivity index (χ2v) is 10.3. The number of carbonyl (C=O) groups excluding carboxylic acids is 3. The van der Waals surface area contributed by atoms with Crippen molar-refractivity contribution in [1.82, 2.24) is 9.80 Å². The Kier molecular flexibility index (Phi) is 8.41. The summed E-state index contributed by atoms with van der Waals surface area (Å²) in [6, 6.07) is 12.5. The number of carbonyl (C=O) groups is 3. The molecule has 37 heavy (non-hydrogen) atoms. The lowest BCUT2D eigenvalue weighted by atomic mass is 9.99. The molecule has 0 spiro atoms. The average molecular weight is 540 g/mol. The molecule has 192 valence electrons. The number of piperidine rings is 1. The van der Waals surface area contributed by atoms with Gasteiger partial charge in [-0.15, -0.1) is 0 Å². The van der Waals surface area contributed by atoms with Gasteiger partial charge in [0.25, 0.3) is 11.1 Å². The standard InChI is InChI=1S/C27H26ClN3O5S/c1-17-7-9-30(10-8-17)24(32)15-31-26(33)23(37-27(31)34)13-18-11-21(28)25(22(12-18)35-2)36-16-20-6-4-3-5-19(20)14-29/h3-6,11-13,17H,7-10,15-16H2,1-2H3/b23-13-. The zero-order chi connectivity index (χ0) is 26.5. The Bertz CT molecular complexity index is 1300. The van der Waals surface area contributed by atoms with E-state index in [9.17, 15) is 19.6 Å². The number of thioether (sulfide) groups is 1. The SMILES string of the molecule is COc1cc(/C=C2\SC(=O)N(CC(=O)N3CCC(C)CC3)C2=O)cc(Cl)c1OCc1ccccc1C#N. The second kappa shape index (κ2) is 11.7. The fourth-order valence-corrected chi connectivity index (χ4v) is 5.26. The fraction of sp³-hybridized carbons (Fsp3) is 0.333. The number of halogens is 1. The van der Waals surface area contributed by atoms with Crippen LogP contribution in [0.15, 0.2) is 41.3 Å². The van der Waals surface area contributed by atoms with Gasteiger partial charge in [0.1, 0.15) is 13.2 Å². The molecule has 2 aliphatic heterocycles. The molecule has 0 aliphatic carbocycles. The zero-order valence-electron chi connectivity index (χ0n) is 20.5. The van der Waals surface area contributed by atoms with Crippen molar-refractivity contribution in [3.63, 3.8) is 0 Å². The lowest BCUT2D eigenvalue weighted by Gasteiger charge is -2.31. The van der Waals surface area contributed by atoms with Crippen LogP contribution in [0.4, 0.5) is 4.79 Å². The first-order chi connectivity index (χ1) is 17.8. The molecule has 4 rings (SSSR count). The maximum atomic E-state index is 12.9. The third-order valence-electron chi connectivity index (χ3n) is 6.36. The molecule has 3 amide bonds. The summed E-state index contributed by atoms with van der Waals surface area (Å²) in [5.41, 5.74) is 1.74. The summed E-state index contributed by atoms with van der Waals surface area (Å²) in [7, 11) is 1.46. The number of nitrogens with zero attached hydrogens (tertiary/aromatic N) is 3. The highest BCUT2D eigenvalue weighted by Gasteiger charge is 2.37. The van der Waals surface area contributed by atoms with Crippen LogP contribution < -0.4 is 9.47 Å². The maximum absolute atomic E-state index is 12.9. The highest BCUT2D eigenvalue weighted by atomic mass is 35.5. The van der Waals surface area contributed by atoms with Gasteiger partial charge in [-0.2, -0.15) is 5.26 Å². The molecule has 2 heterocycles. The zero-order valence-corrected chi connectivity index (χ0v) is 22.1. The lowest BCUT2D eigenvalue weighted by molar-refractivity contribution is -0.136. The van der Waals surface area contributed by atoms with Gasteiger partial charge in [0.2, 0.25) is 5.91 Å². The van der Waals surface area contributed by atoms with Crippen molar-refractivity contribution in [3.8, 4) is 17.6 Å². The van der Waals surface area contributed by atoms with Gasteiger partial charge in [0, 0.05) is 18.7 Å². The Morgan fingerprint density at radius 1 is 1.24 bits per heavy atom. The highest BCUT2D eigenvalue weighted by Crippen LogP contribution is 2.39. The van der Waals surface area contributed by atoms with Gasteiger partial charge >= 0.3 is 0 Å². The van der Waals surface area contributed by atoms with Gasteiger partial charge in [-0.1, -0.05) is 36.7 Å². The Balaban J connectivity index is 1.48. The minimum Gasteiger partial charge on any atom is -0.493 e. The monoisotopic (exact) mass is 539 g/mol. The number of benzene rings is 2. The molecule has 2 aliphatic rings. The molecule has 0 atom stereocenters. The van der Waals surface area contributed by atoms with Crippen LogP contribution in [0.5, 0.6) is 11.5 Å². The number of imide groups is 1. The van der Waals surface area contributed by atoms with Crippen molar-refractivity contribution >= 4 is 46.5 Å². The lowest BCUT2D eigenvalue weighted by Crippen LogP contribution is -2.45. The van der Waals surface area contributed by atoms with Gasteiger partial charge in [-0.3, -0.25) is 19.3 Å². The van der Waals surface area contributed by atoms with Gasteiger partial charge in [-0.05, 0) is 60.4 Å². The number of amides is 3. The van der Waals surface area contributed by atoms with E-state index in [-0.39, 0.29) is 29.0 Å². The van der Waals surface area contributed by atoms with Crippen molar-refractivity contribution in [2.24, 2.45) is 5.92 Å². The predicted molar refractivity (Wildman–Crippen MR) is 141 cm³/mol. The van der Waals surface area contributed by atoms with E-state index in [1.54, 1.807) is 41.3 Å². The Hall–Kier alpha value is -3.48. The van der Waals surface area contributed by atoms with E-state index < -0.39 is 11.1 Å². The van der Waals surface area contributed by atoms with Crippen molar-refractivity contribution in [2.75, 3.05) is 26.7 Å². The van der Waals surface area contributed by atoms with Gasteiger partial charge in [0.05, 0.1) is 28.7 Å². The first-order valence-electron chi connectivity index (χ1n) is 11.8.